The fraction of sp³-hybridized carbons (Fsp3) is 0.467. The summed E-state index contributed by atoms with van der Waals surface area (Å²) in [6, 6.07) is 4.69. The monoisotopic (exact) mass is 274 g/mol. The van der Waals surface area contributed by atoms with Crippen LogP contribution in [0.5, 0.6) is 5.75 Å². The lowest BCUT2D eigenvalue weighted by Crippen LogP contribution is -2.18. The molecule has 5 heteroatoms. The second-order valence-electron chi connectivity index (χ2n) is 5.56. The molecule has 106 valence electrons. The van der Waals surface area contributed by atoms with Crippen LogP contribution >= 0.6 is 0 Å². The van der Waals surface area contributed by atoms with Crippen LogP contribution in [0.15, 0.2) is 30.4 Å². The molecule has 0 spiro atoms. The van der Waals surface area contributed by atoms with Gasteiger partial charge in [-0.3, -0.25) is 10.1 Å². The maximum absolute atomic E-state index is 10.8. The number of anilines is 1. The molecule has 0 aromatic heterocycles. The van der Waals surface area contributed by atoms with E-state index in [2.05, 4.69) is 17.5 Å². The number of ether oxygens (including phenoxy) is 1. The van der Waals surface area contributed by atoms with Crippen LogP contribution in [-0.4, -0.2) is 18.6 Å². The number of nitrogens with zero attached hydrogens (tertiary/aromatic N) is 1. The first-order chi connectivity index (χ1) is 9.67. The first-order valence-corrected chi connectivity index (χ1v) is 6.92. The molecule has 3 rings (SSSR count). The van der Waals surface area contributed by atoms with Gasteiger partial charge in [0.15, 0.2) is 0 Å². The summed E-state index contributed by atoms with van der Waals surface area (Å²) in [7, 11) is 1.53. The van der Waals surface area contributed by atoms with Gasteiger partial charge in [-0.25, -0.2) is 0 Å². The number of nitro groups is 1. The van der Waals surface area contributed by atoms with Gasteiger partial charge in [-0.05, 0) is 36.7 Å². The normalized spacial score (nSPS) is 26.8. The van der Waals surface area contributed by atoms with Crippen molar-refractivity contribution in [1.82, 2.24) is 0 Å². The van der Waals surface area contributed by atoms with Crippen LogP contribution in [0.1, 0.15) is 12.8 Å². The molecule has 3 atom stereocenters. The summed E-state index contributed by atoms with van der Waals surface area (Å²) in [4.78, 5) is 10.3. The van der Waals surface area contributed by atoms with Crippen molar-refractivity contribution in [3.63, 3.8) is 0 Å². The number of methoxy groups -OCH3 is 1. The number of nitro benzene ring substituents is 1. The van der Waals surface area contributed by atoms with E-state index < -0.39 is 4.92 Å². The topological polar surface area (TPSA) is 64.4 Å². The molecule has 2 aliphatic rings. The molecule has 0 amide bonds. The third-order valence-electron chi connectivity index (χ3n) is 4.37. The van der Waals surface area contributed by atoms with Crippen LogP contribution in [-0.2, 0) is 0 Å². The van der Waals surface area contributed by atoms with Gasteiger partial charge < -0.3 is 10.1 Å². The number of rotatable bonds is 5. The molecular formula is C15H18N2O3. The summed E-state index contributed by atoms with van der Waals surface area (Å²) in [5, 5.41) is 14.1. The van der Waals surface area contributed by atoms with E-state index in [1.165, 1.54) is 32.1 Å². The molecule has 0 heterocycles. The Morgan fingerprint density at radius 1 is 1.40 bits per heavy atom. The minimum absolute atomic E-state index is 0.0512. The lowest BCUT2D eigenvalue weighted by Gasteiger charge is -2.20. The molecule has 1 saturated carbocycles. The van der Waals surface area contributed by atoms with Gasteiger partial charge in [0.2, 0.25) is 0 Å². The van der Waals surface area contributed by atoms with Gasteiger partial charge in [0.05, 0.1) is 23.8 Å². The summed E-state index contributed by atoms with van der Waals surface area (Å²) >= 11 is 0. The van der Waals surface area contributed by atoms with E-state index >= 15 is 0 Å². The molecule has 2 aliphatic carbocycles. The van der Waals surface area contributed by atoms with Gasteiger partial charge in [-0.1, -0.05) is 12.2 Å². The molecule has 2 bridgehead atoms. The maximum Gasteiger partial charge on any atom is 0.273 e. The molecule has 0 aliphatic heterocycles. The van der Waals surface area contributed by atoms with Crippen molar-refractivity contribution in [2.45, 2.75) is 12.8 Å². The molecule has 0 saturated heterocycles. The lowest BCUT2D eigenvalue weighted by molar-refractivity contribution is -0.384. The lowest BCUT2D eigenvalue weighted by atomic mass is 9.93. The van der Waals surface area contributed by atoms with E-state index in [1.54, 1.807) is 6.07 Å². The van der Waals surface area contributed by atoms with Crippen molar-refractivity contribution in [3.05, 3.63) is 40.5 Å². The van der Waals surface area contributed by atoms with Gasteiger partial charge in [-0.2, -0.15) is 0 Å². The van der Waals surface area contributed by atoms with Crippen molar-refractivity contribution >= 4 is 11.4 Å². The number of fused-ring (bicyclic) bond motifs is 2. The molecule has 5 nitrogen and oxygen atoms in total. The highest BCUT2D eigenvalue weighted by molar-refractivity contribution is 5.60. The average Bonchev–Trinajstić information content (AvgIpc) is 3.07. The Morgan fingerprint density at radius 3 is 2.85 bits per heavy atom. The van der Waals surface area contributed by atoms with Crippen molar-refractivity contribution in [2.75, 3.05) is 19.0 Å². The van der Waals surface area contributed by atoms with Crippen LogP contribution in [0.25, 0.3) is 0 Å². The highest BCUT2D eigenvalue weighted by atomic mass is 16.6. The molecule has 3 unspecified atom stereocenters. The van der Waals surface area contributed by atoms with Crippen LogP contribution in [0.4, 0.5) is 11.4 Å². The van der Waals surface area contributed by atoms with E-state index in [0.29, 0.717) is 17.6 Å². The maximum atomic E-state index is 10.8. The van der Waals surface area contributed by atoms with E-state index in [4.69, 9.17) is 4.74 Å². The molecule has 1 fully saturated rings. The van der Waals surface area contributed by atoms with Crippen molar-refractivity contribution in [1.29, 1.82) is 0 Å². The first kappa shape index (κ1) is 13.0. The van der Waals surface area contributed by atoms with Crippen LogP contribution < -0.4 is 10.1 Å². The Labute approximate surface area is 117 Å². The van der Waals surface area contributed by atoms with Crippen molar-refractivity contribution < 1.29 is 9.66 Å². The summed E-state index contributed by atoms with van der Waals surface area (Å²) < 4.78 is 5.23. The van der Waals surface area contributed by atoms with Crippen molar-refractivity contribution in [3.8, 4) is 5.75 Å². The fourth-order valence-electron chi connectivity index (χ4n) is 3.31. The van der Waals surface area contributed by atoms with Gasteiger partial charge >= 0.3 is 0 Å². The Bertz CT molecular complexity index is 556. The average molecular weight is 274 g/mol. The smallest absolute Gasteiger partial charge is 0.273 e. The minimum Gasteiger partial charge on any atom is -0.494 e. The second-order valence-corrected chi connectivity index (χ2v) is 5.56. The third kappa shape index (κ3) is 2.35. The largest absolute Gasteiger partial charge is 0.494 e. The predicted octanol–water partition coefficient (Wildman–Crippen LogP) is 3.23. The number of hydrogen-bond acceptors (Lipinski definition) is 4. The van der Waals surface area contributed by atoms with Gasteiger partial charge in [0.25, 0.3) is 5.69 Å². The van der Waals surface area contributed by atoms with Gasteiger partial charge in [0.1, 0.15) is 5.75 Å². The van der Waals surface area contributed by atoms with E-state index in [1.807, 2.05) is 0 Å². The molecule has 20 heavy (non-hydrogen) atoms. The predicted molar refractivity (Wildman–Crippen MR) is 77.0 cm³/mol. The third-order valence-corrected chi connectivity index (χ3v) is 4.37. The number of non-ortho nitro benzene ring substituents is 1. The second kappa shape index (κ2) is 5.15. The van der Waals surface area contributed by atoms with E-state index in [9.17, 15) is 10.1 Å². The summed E-state index contributed by atoms with van der Waals surface area (Å²) in [5.41, 5.74) is 0.875. The first-order valence-electron chi connectivity index (χ1n) is 6.92. The highest BCUT2D eigenvalue weighted by Gasteiger charge is 2.35. The molecular weight excluding hydrogens is 256 g/mol. The Balaban J connectivity index is 1.68. The zero-order chi connectivity index (χ0) is 14.1. The Hall–Kier alpha value is -2.04. The van der Waals surface area contributed by atoms with E-state index in [0.717, 1.165) is 18.2 Å². The number of benzene rings is 1. The van der Waals surface area contributed by atoms with Crippen LogP contribution in [0.3, 0.4) is 0 Å². The quantitative estimate of drug-likeness (QED) is 0.508. The van der Waals surface area contributed by atoms with Gasteiger partial charge in [0, 0.05) is 12.6 Å². The number of nitrogens with one attached hydrogen (secondary N) is 1. The minimum atomic E-state index is -0.410. The molecule has 1 aromatic carbocycles. The highest BCUT2D eigenvalue weighted by Crippen LogP contribution is 2.43. The summed E-state index contributed by atoms with van der Waals surface area (Å²) in [6.07, 6.45) is 7.18. The zero-order valence-corrected chi connectivity index (χ0v) is 11.4. The van der Waals surface area contributed by atoms with Crippen LogP contribution in [0.2, 0.25) is 0 Å². The SMILES string of the molecule is COc1cc([N+](=O)[O-])ccc1NCC1CC2C=CC1C2. The Kier molecular flexibility index (Phi) is 3.34. The van der Waals surface area contributed by atoms with Crippen LogP contribution in [0, 0.1) is 27.9 Å². The zero-order valence-electron chi connectivity index (χ0n) is 11.4. The summed E-state index contributed by atoms with van der Waals surface area (Å²) in [5.74, 6) is 2.63. The summed E-state index contributed by atoms with van der Waals surface area (Å²) in [6.45, 7) is 0.889. The van der Waals surface area contributed by atoms with Crippen molar-refractivity contribution in [2.24, 2.45) is 17.8 Å². The fourth-order valence-corrected chi connectivity index (χ4v) is 3.31. The number of allylic oxidation sites excluding steroid dienone is 2. The Morgan fingerprint density at radius 2 is 2.25 bits per heavy atom. The molecule has 1 N–H and O–H groups in total. The standard InChI is InChI=1S/C15H18N2O3/c1-20-15-8-13(17(18)19)4-5-14(15)16-9-12-7-10-2-3-11(12)6-10/h2-5,8,10-12,16H,6-7,9H2,1H3. The van der Waals surface area contributed by atoms with E-state index in [-0.39, 0.29) is 5.69 Å². The molecule has 1 aromatic rings. The number of hydrogen-bond donors (Lipinski definition) is 1. The molecule has 0 radical (unpaired) electrons. The van der Waals surface area contributed by atoms with Gasteiger partial charge in [-0.15, -0.1) is 0 Å².